The lowest BCUT2D eigenvalue weighted by atomic mass is 9.97. The summed E-state index contributed by atoms with van der Waals surface area (Å²) in [6.45, 7) is 11.9. The first-order valence-corrected chi connectivity index (χ1v) is 10.6. The van der Waals surface area contributed by atoms with Crippen LogP contribution in [-0.4, -0.2) is 42.8 Å². The molecule has 0 saturated carbocycles. The lowest BCUT2D eigenvalue weighted by molar-refractivity contribution is 0.0184. The number of rotatable bonds is 11. The number of hydrogen-bond acceptors (Lipinski definition) is 3. The van der Waals surface area contributed by atoms with Crippen LogP contribution in [0.25, 0.3) is 0 Å². The summed E-state index contributed by atoms with van der Waals surface area (Å²) in [6.07, 6.45) is 13.0. The van der Waals surface area contributed by atoms with Gasteiger partial charge in [0.05, 0.1) is 0 Å². The zero-order valence-corrected chi connectivity index (χ0v) is 17.2. The van der Waals surface area contributed by atoms with Crippen LogP contribution in [0, 0.1) is 5.92 Å². The van der Waals surface area contributed by atoms with Crippen molar-refractivity contribution in [1.82, 2.24) is 10.2 Å². The van der Waals surface area contributed by atoms with Crippen molar-refractivity contribution in [2.45, 2.75) is 97.5 Å². The van der Waals surface area contributed by atoms with Crippen molar-refractivity contribution in [1.29, 1.82) is 0 Å². The van der Waals surface area contributed by atoms with Gasteiger partial charge in [0.25, 0.3) is 0 Å². The highest BCUT2D eigenvalue weighted by Gasteiger charge is 2.26. The molecule has 0 aliphatic carbocycles. The Bertz CT molecular complexity index is 344. The van der Waals surface area contributed by atoms with Crippen LogP contribution in [0.4, 0.5) is 4.79 Å². The van der Waals surface area contributed by atoms with Gasteiger partial charge in [-0.2, -0.15) is 0 Å². The van der Waals surface area contributed by atoms with Crippen LogP contribution in [0.15, 0.2) is 0 Å². The van der Waals surface area contributed by atoms with E-state index in [0.717, 1.165) is 39.0 Å². The van der Waals surface area contributed by atoms with Crippen LogP contribution in [0.5, 0.6) is 0 Å². The second-order valence-electron chi connectivity index (χ2n) is 8.59. The van der Waals surface area contributed by atoms with Crippen molar-refractivity contribution in [2.24, 2.45) is 5.92 Å². The molecule has 4 nitrogen and oxygen atoms in total. The highest BCUT2D eigenvalue weighted by atomic mass is 16.6. The van der Waals surface area contributed by atoms with Gasteiger partial charge in [-0.15, -0.1) is 0 Å². The first-order chi connectivity index (χ1) is 11.9. The SMILES string of the molecule is CCCCCCCCCCNCC1CCN(C(=O)OC(C)(C)C)CC1. The second-order valence-corrected chi connectivity index (χ2v) is 8.59. The van der Waals surface area contributed by atoms with Gasteiger partial charge in [-0.1, -0.05) is 51.9 Å². The van der Waals surface area contributed by atoms with Crippen LogP contribution in [0.2, 0.25) is 0 Å². The number of piperidine rings is 1. The largest absolute Gasteiger partial charge is 0.444 e. The molecule has 1 amide bonds. The van der Waals surface area contributed by atoms with E-state index in [-0.39, 0.29) is 6.09 Å². The topological polar surface area (TPSA) is 41.6 Å². The van der Waals surface area contributed by atoms with E-state index in [0.29, 0.717) is 5.92 Å². The molecule has 4 heteroatoms. The quantitative estimate of drug-likeness (QED) is 0.508. The molecule has 0 spiro atoms. The average Bonchev–Trinajstić information content (AvgIpc) is 2.55. The number of carbonyl (C=O) groups excluding carboxylic acids is 1. The Labute approximate surface area is 156 Å². The molecule has 148 valence electrons. The van der Waals surface area contributed by atoms with Crippen molar-refractivity contribution in [2.75, 3.05) is 26.2 Å². The number of nitrogens with one attached hydrogen (secondary N) is 1. The van der Waals surface area contributed by atoms with Crippen molar-refractivity contribution in [3.63, 3.8) is 0 Å². The third-order valence-electron chi connectivity index (χ3n) is 4.91. The minimum Gasteiger partial charge on any atom is -0.444 e. The molecule has 1 heterocycles. The van der Waals surface area contributed by atoms with E-state index in [1.165, 1.54) is 51.4 Å². The monoisotopic (exact) mass is 354 g/mol. The van der Waals surface area contributed by atoms with Gasteiger partial charge in [-0.05, 0) is 59.0 Å². The average molecular weight is 355 g/mol. The lowest BCUT2D eigenvalue weighted by Gasteiger charge is -2.33. The summed E-state index contributed by atoms with van der Waals surface area (Å²) < 4.78 is 5.45. The molecule has 1 rings (SSSR count). The molecule has 1 aliphatic rings. The maximum atomic E-state index is 12.1. The third-order valence-corrected chi connectivity index (χ3v) is 4.91. The molecule has 1 saturated heterocycles. The van der Waals surface area contributed by atoms with Gasteiger partial charge in [-0.3, -0.25) is 0 Å². The predicted octanol–water partition coefficient (Wildman–Crippen LogP) is 5.36. The third kappa shape index (κ3) is 11.5. The molecule has 0 bridgehead atoms. The van der Waals surface area contributed by atoms with Crippen LogP contribution in [-0.2, 0) is 4.74 Å². The zero-order valence-electron chi connectivity index (χ0n) is 17.2. The molecule has 1 fully saturated rings. The summed E-state index contributed by atoms with van der Waals surface area (Å²) in [6, 6.07) is 0. The molecular weight excluding hydrogens is 312 g/mol. The summed E-state index contributed by atoms with van der Waals surface area (Å²) in [4.78, 5) is 13.9. The maximum Gasteiger partial charge on any atom is 0.410 e. The predicted molar refractivity (Wildman–Crippen MR) is 106 cm³/mol. The highest BCUT2D eigenvalue weighted by Crippen LogP contribution is 2.19. The summed E-state index contributed by atoms with van der Waals surface area (Å²) >= 11 is 0. The van der Waals surface area contributed by atoms with Gasteiger partial charge < -0.3 is 15.0 Å². The zero-order chi connectivity index (χ0) is 18.5. The van der Waals surface area contributed by atoms with Gasteiger partial charge in [0.1, 0.15) is 5.60 Å². The molecule has 0 aromatic rings. The first-order valence-electron chi connectivity index (χ1n) is 10.6. The number of likely N-dealkylation sites (tertiary alicyclic amines) is 1. The smallest absolute Gasteiger partial charge is 0.410 e. The first kappa shape index (κ1) is 22.3. The van der Waals surface area contributed by atoms with Crippen molar-refractivity contribution in [3.05, 3.63) is 0 Å². The van der Waals surface area contributed by atoms with Crippen molar-refractivity contribution >= 4 is 6.09 Å². The molecule has 0 aromatic carbocycles. The fourth-order valence-electron chi connectivity index (χ4n) is 3.34. The Hall–Kier alpha value is -0.770. The summed E-state index contributed by atoms with van der Waals surface area (Å²) in [5, 5.41) is 3.61. The molecule has 25 heavy (non-hydrogen) atoms. The Kier molecular flexibility index (Phi) is 11.2. The van der Waals surface area contributed by atoms with Gasteiger partial charge >= 0.3 is 6.09 Å². The molecule has 1 N–H and O–H groups in total. The van der Waals surface area contributed by atoms with Crippen LogP contribution in [0.1, 0.15) is 91.9 Å². The Balaban J connectivity index is 1.96. The van der Waals surface area contributed by atoms with Crippen LogP contribution in [0.3, 0.4) is 0 Å². The number of amides is 1. The van der Waals surface area contributed by atoms with Gasteiger partial charge in [-0.25, -0.2) is 4.79 Å². The fourth-order valence-corrected chi connectivity index (χ4v) is 3.34. The highest BCUT2D eigenvalue weighted by molar-refractivity contribution is 5.68. The molecular formula is C21H42N2O2. The standard InChI is InChI=1S/C21H42N2O2/c1-5-6-7-8-9-10-11-12-15-22-18-19-13-16-23(17-14-19)20(24)25-21(2,3)4/h19,22H,5-18H2,1-4H3. The Morgan fingerprint density at radius 2 is 1.56 bits per heavy atom. The Morgan fingerprint density at radius 1 is 1.00 bits per heavy atom. The van der Waals surface area contributed by atoms with Gasteiger partial charge in [0.2, 0.25) is 0 Å². The van der Waals surface area contributed by atoms with Crippen molar-refractivity contribution in [3.8, 4) is 0 Å². The van der Waals surface area contributed by atoms with E-state index in [9.17, 15) is 4.79 Å². The molecule has 0 atom stereocenters. The van der Waals surface area contributed by atoms with E-state index >= 15 is 0 Å². The summed E-state index contributed by atoms with van der Waals surface area (Å²) in [5.74, 6) is 0.702. The minimum atomic E-state index is -0.397. The molecule has 0 unspecified atom stereocenters. The summed E-state index contributed by atoms with van der Waals surface area (Å²) in [5.41, 5.74) is -0.397. The molecule has 0 radical (unpaired) electrons. The number of ether oxygens (including phenoxy) is 1. The maximum absolute atomic E-state index is 12.1. The Morgan fingerprint density at radius 3 is 2.12 bits per heavy atom. The normalized spacial score (nSPS) is 16.2. The van der Waals surface area contributed by atoms with Crippen molar-refractivity contribution < 1.29 is 9.53 Å². The number of hydrogen-bond donors (Lipinski definition) is 1. The van der Waals surface area contributed by atoms with E-state index in [1.54, 1.807) is 0 Å². The van der Waals surface area contributed by atoms with E-state index in [2.05, 4.69) is 12.2 Å². The van der Waals surface area contributed by atoms with Gasteiger partial charge in [0, 0.05) is 13.1 Å². The lowest BCUT2D eigenvalue weighted by Crippen LogP contribution is -2.43. The number of nitrogens with zero attached hydrogens (tertiary/aromatic N) is 1. The van der Waals surface area contributed by atoms with E-state index in [4.69, 9.17) is 4.74 Å². The fraction of sp³-hybridized carbons (Fsp3) is 0.952. The second kappa shape index (κ2) is 12.6. The van der Waals surface area contributed by atoms with Crippen LogP contribution < -0.4 is 5.32 Å². The number of carbonyl (C=O) groups is 1. The number of unbranched alkanes of at least 4 members (excludes halogenated alkanes) is 7. The van der Waals surface area contributed by atoms with E-state index in [1.807, 2.05) is 25.7 Å². The van der Waals surface area contributed by atoms with Crippen LogP contribution >= 0.6 is 0 Å². The van der Waals surface area contributed by atoms with E-state index < -0.39 is 5.60 Å². The van der Waals surface area contributed by atoms with Gasteiger partial charge in [0.15, 0.2) is 0 Å². The molecule has 1 aliphatic heterocycles. The minimum absolute atomic E-state index is 0.155. The summed E-state index contributed by atoms with van der Waals surface area (Å²) in [7, 11) is 0. The molecule has 0 aromatic heterocycles.